The lowest BCUT2D eigenvalue weighted by Gasteiger charge is -2.26. The van der Waals surface area contributed by atoms with Crippen LogP contribution in [0.3, 0.4) is 0 Å². The predicted molar refractivity (Wildman–Crippen MR) is 102 cm³/mol. The number of hydrogen-bond acceptors (Lipinski definition) is 6. The highest BCUT2D eigenvalue weighted by Gasteiger charge is 2.27. The van der Waals surface area contributed by atoms with Gasteiger partial charge in [-0.25, -0.2) is 13.2 Å². The maximum atomic E-state index is 12.7. The van der Waals surface area contributed by atoms with Crippen molar-refractivity contribution in [3.8, 4) is 5.75 Å². The first kappa shape index (κ1) is 20.2. The first-order valence-corrected chi connectivity index (χ1v) is 10.4. The van der Waals surface area contributed by atoms with E-state index in [4.69, 9.17) is 9.47 Å². The van der Waals surface area contributed by atoms with Gasteiger partial charge in [0.1, 0.15) is 5.75 Å². The molecule has 0 radical (unpaired) electrons. The molecule has 2 aromatic rings. The third-order valence-corrected chi connectivity index (χ3v) is 6.28. The highest BCUT2D eigenvalue weighted by atomic mass is 32.2. The summed E-state index contributed by atoms with van der Waals surface area (Å²) in [5.74, 6) is -0.397. The van der Waals surface area contributed by atoms with Gasteiger partial charge in [-0.3, -0.25) is 4.79 Å². The first-order chi connectivity index (χ1) is 13.4. The second kappa shape index (κ2) is 8.64. The van der Waals surface area contributed by atoms with Gasteiger partial charge < -0.3 is 9.47 Å². The van der Waals surface area contributed by atoms with Crippen LogP contribution in [-0.2, 0) is 14.8 Å². The summed E-state index contributed by atoms with van der Waals surface area (Å²) in [6.45, 7) is 3.02. The average Bonchev–Trinajstić information content (AvgIpc) is 2.74. The number of morpholine rings is 1. The van der Waals surface area contributed by atoms with Crippen molar-refractivity contribution >= 4 is 21.8 Å². The quantitative estimate of drug-likeness (QED) is 0.418. The maximum absolute atomic E-state index is 12.7. The molecule has 28 heavy (non-hydrogen) atoms. The summed E-state index contributed by atoms with van der Waals surface area (Å²) in [7, 11) is -3.70. The Morgan fingerprint density at radius 2 is 1.71 bits per heavy atom. The van der Waals surface area contributed by atoms with E-state index in [0.29, 0.717) is 25.2 Å². The molecular weight excluding hydrogens is 382 g/mol. The molecule has 0 bridgehead atoms. The van der Waals surface area contributed by atoms with Crippen molar-refractivity contribution in [3.63, 3.8) is 0 Å². The van der Waals surface area contributed by atoms with Gasteiger partial charge in [-0.2, -0.15) is 4.31 Å². The molecule has 0 unspecified atom stereocenters. The van der Waals surface area contributed by atoms with Gasteiger partial charge in [0.2, 0.25) is 10.0 Å². The number of esters is 1. The third kappa shape index (κ3) is 4.46. The van der Waals surface area contributed by atoms with Crippen molar-refractivity contribution in [2.45, 2.75) is 18.2 Å². The lowest BCUT2D eigenvalue weighted by molar-refractivity contribution is 0.0727. The third-order valence-electron chi connectivity index (χ3n) is 4.39. The van der Waals surface area contributed by atoms with Crippen LogP contribution in [-0.4, -0.2) is 50.8 Å². The number of nitrogens with zero attached hydrogens (tertiary/aromatic N) is 1. The van der Waals surface area contributed by atoms with Crippen molar-refractivity contribution in [1.29, 1.82) is 0 Å². The molecule has 0 spiro atoms. The fraction of sp³-hybridized carbons (Fsp3) is 0.300. The zero-order valence-corrected chi connectivity index (χ0v) is 16.3. The second-order valence-corrected chi connectivity index (χ2v) is 8.17. The summed E-state index contributed by atoms with van der Waals surface area (Å²) in [4.78, 5) is 24.1. The zero-order chi connectivity index (χ0) is 20.1. The standard InChI is InChI=1S/C20H21NO6S/c1-2-19(22)15-6-8-17(9-7-15)27-20(23)16-4-3-5-18(14-16)28(24,25)21-10-12-26-13-11-21/h3-9,14H,2,10-13H2,1H3. The van der Waals surface area contributed by atoms with Crippen LogP contribution >= 0.6 is 0 Å². The van der Waals surface area contributed by atoms with Gasteiger partial charge in [-0.15, -0.1) is 0 Å². The predicted octanol–water partition coefficient (Wildman–Crippen LogP) is 2.52. The van der Waals surface area contributed by atoms with Gasteiger partial charge in [-0.1, -0.05) is 13.0 Å². The molecule has 1 fully saturated rings. The molecular formula is C20H21NO6S. The Labute approximate surface area is 163 Å². The van der Waals surface area contributed by atoms with Crippen LogP contribution in [0.1, 0.15) is 34.1 Å². The largest absolute Gasteiger partial charge is 0.423 e. The molecule has 0 N–H and O–H groups in total. The molecule has 0 aromatic heterocycles. The van der Waals surface area contributed by atoms with Crippen LogP contribution in [0, 0.1) is 0 Å². The number of ketones is 1. The Morgan fingerprint density at radius 1 is 1.04 bits per heavy atom. The molecule has 1 aliphatic heterocycles. The van der Waals surface area contributed by atoms with Gasteiger partial charge in [0.15, 0.2) is 5.78 Å². The number of carbonyl (C=O) groups is 2. The molecule has 7 nitrogen and oxygen atoms in total. The summed E-state index contributed by atoms with van der Waals surface area (Å²) in [5.41, 5.74) is 0.670. The zero-order valence-electron chi connectivity index (χ0n) is 15.5. The molecule has 148 valence electrons. The molecule has 3 rings (SSSR count). The minimum atomic E-state index is -3.70. The lowest BCUT2D eigenvalue weighted by atomic mass is 10.1. The average molecular weight is 403 g/mol. The SMILES string of the molecule is CCC(=O)c1ccc(OC(=O)c2cccc(S(=O)(=O)N3CCOCC3)c2)cc1. The van der Waals surface area contributed by atoms with Gasteiger partial charge in [-0.05, 0) is 42.5 Å². The first-order valence-electron chi connectivity index (χ1n) is 8.95. The number of Topliss-reactive ketones (excluding diaryl/α,β-unsaturated/α-hetero) is 1. The Bertz CT molecular complexity index is 962. The molecule has 0 atom stereocenters. The van der Waals surface area contributed by atoms with Gasteiger partial charge in [0.25, 0.3) is 0 Å². The summed E-state index contributed by atoms with van der Waals surface area (Å²) in [6, 6.07) is 12.0. The Balaban J connectivity index is 1.76. The van der Waals surface area contributed by atoms with E-state index in [1.165, 1.54) is 40.7 Å². The smallest absolute Gasteiger partial charge is 0.343 e. The molecule has 1 aliphatic rings. The topological polar surface area (TPSA) is 90.0 Å². The molecule has 2 aromatic carbocycles. The highest BCUT2D eigenvalue weighted by Crippen LogP contribution is 2.20. The van der Waals surface area contributed by atoms with Gasteiger partial charge in [0.05, 0.1) is 23.7 Å². The summed E-state index contributed by atoms with van der Waals surface area (Å²) in [6.07, 6.45) is 0.392. The minimum Gasteiger partial charge on any atom is -0.423 e. The highest BCUT2D eigenvalue weighted by molar-refractivity contribution is 7.89. The lowest BCUT2D eigenvalue weighted by Crippen LogP contribution is -2.40. The van der Waals surface area contributed by atoms with Crippen LogP contribution < -0.4 is 4.74 Å². The molecule has 0 aliphatic carbocycles. The normalized spacial score (nSPS) is 15.2. The fourth-order valence-electron chi connectivity index (χ4n) is 2.80. The van der Waals surface area contributed by atoms with Crippen LogP contribution in [0.25, 0.3) is 0 Å². The Morgan fingerprint density at radius 3 is 2.36 bits per heavy atom. The summed E-state index contributed by atoms with van der Waals surface area (Å²) < 4.78 is 37.3. The van der Waals surface area contributed by atoms with Crippen molar-refractivity contribution in [2.75, 3.05) is 26.3 Å². The Hall–Kier alpha value is -2.55. The molecule has 1 saturated heterocycles. The summed E-state index contributed by atoms with van der Waals surface area (Å²) in [5, 5.41) is 0. The number of rotatable bonds is 6. The number of carbonyl (C=O) groups excluding carboxylic acids is 2. The minimum absolute atomic E-state index is 0.00102. The second-order valence-electron chi connectivity index (χ2n) is 6.23. The summed E-state index contributed by atoms with van der Waals surface area (Å²) >= 11 is 0. The van der Waals surface area contributed by atoms with Crippen molar-refractivity contribution in [3.05, 3.63) is 59.7 Å². The van der Waals surface area contributed by atoms with Crippen LogP contribution in [0.4, 0.5) is 0 Å². The van der Waals surface area contributed by atoms with E-state index in [-0.39, 0.29) is 35.1 Å². The van der Waals surface area contributed by atoms with E-state index in [0.717, 1.165) is 0 Å². The van der Waals surface area contributed by atoms with Crippen LogP contribution in [0.5, 0.6) is 5.75 Å². The van der Waals surface area contributed by atoms with E-state index in [9.17, 15) is 18.0 Å². The Kier molecular flexibility index (Phi) is 6.23. The molecule has 8 heteroatoms. The van der Waals surface area contributed by atoms with Gasteiger partial charge in [0, 0.05) is 25.1 Å². The van der Waals surface area contributed by atoms with Gasteiger partial charge >= 0.3 is 5.97 Å². The van der Waals surface area contributed by atoms with E-state index in [2.05, 4.69) is 0 Å². The molecule has 0 saturated carbocycles. The van der Waals surface area contributed by atoms with Crippen molar-refractivity contribution in [2.24, 2.45) is 0 Å². The molecule has 0 amide bonds. The van der Waals surface area contributed by atoms with E-state index < -0.39 is 16.0 Å². The number of ether oxygens (including phenoxy) is 2. The number of benzene rings is 2. The van der Waals surface area contributed by atoms with E-state index in [1.807, 2.05) is 0 Å². The maximum Gasteiger partial charge on any atom is 0.343 e. The van der Waals surface area contributed by atoms with Crippen molar-refractivity contribution in [1.82, 2.24) is 4.31 Å². The van der Waals surface area contributed by atoms with Crippen LogP contribution in [0.15, 0.2) is 53.4 Å². The van der Waals surface area contributed by atoms with E-state index in [1.54, 1.807) is 19.1 Å². The monoisotopic (exact) mass is 403 g/mol. The fourth-order valence-corrected chi connectivity index (χ4v) is 4.25. The molecule has 1 heterocycles. The van der Waals surface area contributed by atoms with Crippen LogP contribution in [0.2, 0.25) is 0 Å². The number of hydrogen-bond donors (Lipinski definition) is 0. The van der Waals surface area contributed by atoms with Crippen molar-refractivity contribution < 1.29 is 27.5 Å². The number of sulfonamides is 1. The van der Waals surface area contributed by atoms with E-state index >= 15 is 0 Å².